The van der Waals surface area contributed by atoms with Gasteiger partial charge >= 0.3 is 0 Å². The molecular weight excluding hydrogens is 212 g/mol. The first kappa shape index (κ1) is 14.5. The van der Waals surface area contributed by atoms with Crippen LogP contribution < -0.4 is 5.84 Å². The Labute approximate surface area is 106 Å². The van der Waals surface area contributed by atoms with Crippen molar-refractivity contribution >= 4 is 0 Å². The summed E-state index contributed by atoms with van der Waals surface area (Å²) in [6.07, 6.45) is 6.54. The van der Waals surface area contributed by atoms with Crippen molar-refractivity contribution in [1.29, 1.82) is 0 Å². The highest BCUT2D eigenvalue weighted by atomic mass is 16.5. The fraction of sp³-hybridized carbons (Fsp3) is 0.857. The maximum atomic E-state index is 6.18. The summed E-state index contributed by atoms with van der Waals surface area (Å²) in [7, 11) is 0. The van der Waals surface area contributed by atoms with Gasteiger partial charge in [-0.3, -0.25) is 0 Å². The number of hydrogen-bond acceptors (Lipinski definition) is 3. The van der Waals surface area contributed by atoms with E-state index in [9.17, 15) is 0 Å². The second-order valence-electron chi connectivity index (χ2n) is 5.95. The molecule has 1 aliphatic heterocycles. The van der Waals surface area contributed by atoms with Crippen molar-refractivity contribution in [3.63, 3.8) is 0 Å². The molecule has 0 unspecified atom stereocenters. The summed E-state index contributed by atoms with van der Waals surface area (Å²) in [4.78, 5) is 0. The molecule has 1 rings (SSSR count). The van der Waals surface area contributed by atoms with Crippen molar-refractivity contribution < 1.29 is 4.74 Å². The minimum Gasteiger partial charge on any atom is -0.381 e. The quantitative estimate of drug-likeness (QED) is 0.606. The second-order valence-corrected chi connectivity index (χ2v) is 5.95. The molecular formula is C14H28N2O. The van der Waals surface area contributed by atoms with E-state index in [1.54, 1.807) is 0 Å². The Morgan fingerprint density at radius 2 is 1.94 bits per heavy atom. The molecule has 3 nitrogen and oxygen atoms in total. The molecule has 1 saturated heterocycles. The number of hydrogen-bond donors (Lipinski definition) is 1. The summed E-state index contributed by atoms with van der Waals surface area (Å²) in [5, 5.41) is 1.92. The third kappa shape index (κ3) is 4.68. The first-order valence-electron chi connectivity index (χ1n) is 6.77. The van der Waals surface area contributed by atoms with Crippen LogP contribution >= 0.6 is 0 Å². The Bertz CT molecular complexity index is 249. The van der Waals surface area contributed by atoms with Gasteiger partial charge < -0.3 is 9.75 Å². The Morgan fingerprint density at radius 3 is 2.41 bits per heavy atom. The van der Waals surface area contributed by atoms with E-state index in [-0.39, 0.29) is 5.41 Å². The highest BCUT2D eigenvalue weighted by molar-refractivity contribution is 5.10. The smallest absolute Gasteiger partial charge is 0.0489 e. The van der Waals surface area contributed by atoms with E-state index in [0.717, 1.165) is 32.5 Å². The van der Waals surface area contributed by atoms with Crippen LogP contribution in [-0.4, -0.2) is 24.3 Å². The van der Waals surface area contributed by atoms with Crippen LogP contribution in [0.25, 0.3) is 0 Å². The molecule has 1 fully saturated rings. The summed E-state index contributed by atoms with van der Waals surface area (Å²) in [5.41, 5.74) is 1.65. The first-order chi connectivity index (χ1) is 7.95. The van der Waals surface area contributed by atoms with Crippen LogP contribution in [0.5, 0.6) is 0 Å². The summed E-state index contributed by atoms with van der Waals surface area (Å²) in [6.45, 7) is 10.7. The van der Waals surface area contributed by atoms with Gasteiger partial charge in [-0.15, -0.1) is 0 Å². The highest BCUT2D eigenvalue weighted by Gasteiger charge is 2.21. The van der Waals surface area contributed by atoms with Crippen LogP contribution in [0.2, 0.25) is 0 Å². The first-order valence-corrected chi connectivity index (χ1v) is 6.77. The Morgan fingerprint density at radius 1 is 1.35 bits per heavy atom. The average molecular weight is 240 g/mol. The number of nitrogens with two attached hydrogens (primary N) is 1. The molecule has 0 aromatic rings. The molecule has 0 spiro atoms. The van der Waals surface area contributed by atoms with Crippen molar-refractivity contribution in [3.8, 4) is 0 Å². The zero-order valence-electron chi connectivity index (χ0n) is 11.8. The molecule has 100 valence electrons. The van der Waals surface area contributed by atoms with Crippen LogP contribution in [0.15, 0.2) is 11.8 Å². The summed E-state index contributed by atoms with van der Waals surface area (Å²) >= 11 is 0. The van der Waals surface area contributed by atoms with E-state index in [2.05, 4.69) is 33.9 Å². The largest absolute Gasteiger partial charge is 0.381 e. The van der Waals surface area contributed by atoms with Gasteiger partial charge in [-0.05, 0) is 30.3 Å². The normalized spacial score (nSPS) is 19.5. The number of rotatable bonds is 4. The lowest BCUT2D eigenvalue weighted by atomic mass is 9.84. The molecule has 0 atom stereocenters. The molecule has 1 aliphatic rings. The number of hydrazine groups is 1. The maximum Gasteiger partial charge on any atom is 0.0489 e. The SMILES string of the molecule is CCC/C(=C\N(N)C1CCOCC1)C(C)(C)C. The number of nitrogens with zero attached hydrogens (tertiary/aromatic N) is 1. The Kier molecular flexibility index (Phi) is 5.47. The van der Waals surface area contributed by atoms with Crippen LogP contribution in [0.1, 0.15) is 53.4 Å². The van der Waals surface area contributed by atoms with Gasteiger partial charge in [-0.2, -0.15) is 0 Å². The van der Waals surface area contributed by atoms with Crippen molar-refractivity contribution in [3.05, 3.63) is 11.8 Å². The molecule has 0 amide bonds. The maximum absolute atomic E-state index is 6.18. The molecule has 1 heterocycles. The number of ether oxygens (including phenoxy) is 1. The molecule has 0 aromatic carbocycles. The second kappa shape index (κ2) is 6.41. The van der Waals surface area contributed by atoms with E-state index in [1.807, 2.05) is 5.01 Å². The van der Waals surface area contributed by atoms with E-state index in [0.29, 0.717) is 6.04 Å². The van der Waals surface area contributed by atoms with Crippen LogP contribution in [-0.2, 0) is 4.74 Å². The van der Waals surface area contributed by atoms with Crippen LogP contribution in [0, 0.1) is 5.41 Å². The zero-order chi connectivity index (χ0) is 12.9. The van der Waals surface area contributed by atoms with Crippen molar-refractivity contribution in [2.24, 2.45) is 11.3 Å². The topological polar surface area (TPSA) is 38.5 Å². The van der Waals surface area contributed by atoms with Crippen molar-refractivity contribution in [1.82, 2.24) is 5.01 Å². The predicted octanol–water partition coefficient (Wildman–Crippen LogP) is 3.07. The fourth-order valence-corrected chi connectivity index (χ4v) is 2.17. The average Bonchev–Trinajstić information content (AvgIpc) is 2.28. The summed E-state index contributed by atoms with van der Waals surface area (Å²) < 4.78 is 5.37. The highest BCUT2D eigenvalue weighted by Crippen LogP contribution is 2.29. The summed E-state index contributed by atoms with van der Waals surface area (Å²) in [5.74, 6) is 6.18. The molecule has 3 heteroatoms. The zero-order valence-corrected chi connectivity index (χ0v) is 11.8. The lowest BCUT2D eigenvalue weighted by Gasteiger charge is -2.32. The lowest BCUT2D eigenvalue weighted by Crippen LogP contribution is -2.41. The third-order valence-corrected chi connectivity index (χ3v) is 3.40. The third-order valence-electron chi connectivity index (χ3n) is 3.40. The minimum absolute atomic E-state index is 0.207. The van der Waals surface area contributed by atoms with E-state index >= 15 is 0 Å². The van der Waals surface area contributed by atoms with Gasteiger partial charge in [0, 0.05) is 25.5 Å². The monoisotopic (exact) mass is 240 g/mol. The molecule has 0 aromatic heterocycles. The Balaban J connectivity index is 2.67. The van der Waals surface area contributed by atoms with E-state index in [1.165, 1.54) is 12.0 Å². The van der Waals surface area contributed by atoms with Gasteiger partial charge in [0.05, 0.1) is 0 Å². The van der Waals surface area contributed by atoms with Crippen LogP contribution in [0.3, 0.4) is 0 Å². The predicted molar refractivity (Wildman–Crippen MR) is 72.3 cm³/mol. The van der Waals surface area contributed by atoms with E-state index < -0.39 is 0 Å². The molecule has 0 aliphatic carbocycles. The number of allylic oxidation sites excluding steroid dienone is 1. The van der Waals surface area contributed by atoms with Gasteiger partial charge in [0.1, 0.15) is 0 Å². The summed E-state index contributed by atoms with van der Waals surface area (Å²) in [6, 6.07) is 0.443. The molecule has 0 bridgehead atoms. The molecule has 0 saturated carbocycles. The van der Waals surface area contributed by atoms with Gasteiger partial charge in [-0.1, -0.05) is 34.1 Å². The fourth-order valence-electron chi connectivity index (χ4n) is 2.17. The molecule has 0 radical (unpaired) electrons. The van der Waals surface area contributed by atoms with Gasteiger partial charge in [0.25, 0.3) is 0 Å². The van der Waals surface area contributed by atoms with Gasteiger partial charge in [0.15, 0.2) is 0 Å². The van der Waals surface area contributed by atoms with Crippen molar-refractivity contribution in [2.45, 2.75) is 59.4 Å². The lowest BCUT2D eigenvalue weighted by molar-refractivity contribution is 0.0487. The Hall–Kier alpha value is -0.540. The standard InChI is InChI=1S/C14H28N2O/c1-5-6-12(14(2,3)4)11-16(15)13-7-9-17-10-8-13/h11,13H,5-10,15H2,1-4H3/b12-11+. The van der Waals surface area contributed by atoms with Gasteiger partial charge in [-0.25, -0.2) is 5.84 Å². The molecule has 17 heavy (non-hydrogen) atoms. The molecule has 2 N–H and O–H groups in total. The van der Waals surface area contributed by atoms with Crippen molar-refractivity contribution in [2.75, 3.05) is 13.2 Å². The minimum atomic E-state index is 0.207. The van der Waals surface area contributed by atoms with Crippen LogP contribution in [0.4, 0.5) is 0 Å². The van der Waals surface area contributed by atoms with Gasteiger partial charge in [0.2, 0.25) is 0 Å². The van der Waals surface area contributed by atoms with E-state index in [4.69, 9.17) is 10.6 Å².